The highest BCUT2D eigenvalue weighted by molar-refractivity contribution is 5.99. The van der Waals surface area contributed by atoms with Gasteiger partial charge in [0.25, 0.3) is 0 Å². The molecule has 0 aliphatic carbocycles. The highest BCUT2D eigenvalue weighted by Gasteiger charge is 2.31. The first-order chi connectivity index (χ1) is 12.2. The van der Waals surface area contributed by atoms with E-state index < -0.39 is 0 Å². The Morgan fingerprint density at radius 2 is 2.00 bits per heavy atom. The molecule has 4 rings (SSSR count). The van der Waals surface area contributed by atoms with E-state index in [9.17, 15) is 9.59 Å². The zero-order chi connectivity index (χ0) is 17.2. The van der Waals surface area contributed by atoms with Crippen LogP contribution >= 0.6 is 0 Å². The lowest BCUT2D eigenvalue weighted by molar-refractivity contribution is -0.116. The van der Waals surface area contributed by atoms with Gasteiger partial charge in [-0.15, -0.1) is 0 Å². The first-order valence-corrected chi connectivity index (χ1v) is 7.87. The SMILES string of the molecule is O=C(CN1CCN(c2ccc3c(c2)OCCO3)C1=O)Nc1ccon1. The molecule has 130 valence electrons. The first-order valence-electron chi connectivity index (χ1n) is 7.87. The third kappa shape index (κ3) is 3.08. The molecule has 2 aliphatic rings. The van der Waals surface area contributed by atoms with Gasteiger partial charge < -0.3 is 24.2 Å². The van der Waals surface area contributed by atoms with Gasteiger partial charge in [-0.3, -0.25) is 9.69 Å². The van der Waals surface area contributed by atoms with E-state index in [1.807, 2.05) is 6.07 Å². The van der Waals surface area contributed by atoms with Crippen molar-refractivity contribution >= 4 is 23.4 Å². The van der Waals surface area contributed by atoms with Crippen LogP contribution in [0.4, 0.5) is 16.3 Å². The van der Waals surface area contributed by atoms with Crippen molar-refractivity contribution < 1.29 is 23.6 Å². The Hall–Kier alpha value is -3.23. The molecular weight excluding hydrogens is 328 g/mol. The van der Waals surface area contributed by atoms with E-state index in [0.29, 0.717) is 49.3 Å². The number of anilines is 2. The second-order valence-electron chi connectivity index (χ2n) is 5.62. The minimum absolute atomic E-state index is 0.0489. The predicted octanol–water partition coefficient (Wildman–Crippen LogP) is 1.33. The Morgan fingerprint density at radius 1 is 1.16 bits per heavy atom. The number of hydrogen-bond acceptors (Lipinski definition) is 6. The molecule has 1 aromatic carbocycles. The molecule has 9 nitrogen and oxygen atoms in total. The number of rotatable bonds is 4. The molecule has 0 radical (unpaired) electrons. The highest BCUT2D eigenvalue weighted by Crippen LogP contribution is 2.34. The van der Waals surface area contributed by atoms with Gasteiger partial charge in [0.15, 0.2) is 17.3 Å². The molecule has 0 unspecified atom stereocenters. The van der Waals surface area contributed by atoms with E-state index >= 15 is 0 Å². The summed E-state index contributed by atoms with van der Waals surface area (Å²) in [7, 11) is 0. The summed E-state index contributed by atoms with van der Waals surface area (Å²) in [5.41, 5.74) is 0.716. The Morgan fingerprint density at radius 3 is 2.80 bits per heavy atom. The normalized spacial score (nSPS) is 16.2. The van der Waals surface area contributed by atoms with Crippen LogP contribution in [0.2, 0.25) is 0 Å². The monoisotopic (exact) mass is 344 g/mol. The maximum atomic E-state index is 12.6. The fourth-order valence-corrected chi connectivity index (χ4v) is 2.80. The maximum Gasteiger partial charge on any atom is 0.325 e. The number of aromatic nitrogens is 1. The number of fused-ring (bicyclic) bond motifs is 1. The fourth-order valence-electron chi connectivity index (χ4n) is 2.80. The lowest BCUT2D eigenvalue weighted by Crippen LogP contribution is -2.37. The molecule has 9 heteroatoms. The Kier molecular flexibility index (Phi) is 3.88. The Labute approximate surface area is 143 Å². The summed E-state index contributed by atoms with van der Waals surface area (Å²) in [6, 6.07) is 6.69. The van der Waals surface area contributed by atoms with Gasteiger partial charge in [-0.05, 0) is 12.1 Å². The van der Waals surface area contributed by atoms with Crippen LogP contribution in [0.3, 0.4) is 0 Å². The standard InChI is InChI=1S/C16H16N4O5/c21-15(17-14-3-6-25-18-14)10-19-4-5-20(16(19)22)11-1-2-12-13(9-11)24-8-7-23-12/h1-3,6,9H,4-5,7-8,10H2,(H,17,18,21). The van der Waals surface area contributed by atoms with Gasteiger partial charge in [-0.1, -0.05) is 5.16 Å². The van der Waals surface area contributed by atoms with Crippen molar-refractivity contribution in [3.63, 3.8) is 0 Å². The summed E-state index contributed by atoms with van der Waals surface area (Å²) >= 11 is 0. The third-order valence-corrected chi connectivity index (χ3v) is 3.97. The molecule has 0 bridgehead atoms. The molecular formula is C16H16N4O5. The molecule has 1 aromatic heterocycles. The lowest BCUT2D eigenvalue weighted by atomic mass is 10.2. The van der Waals surface area contributed by atoms with Gasteiger partial charge in [0.05, 0.1) is 0 Å². The van der Waals surface area contributed by atoms with Crippen molar-refractivity contribution in [3.05, 3.63) is 30.5 Å². The second-order valence-corrected chi connectivity index (χ2v) is 5.62. The molecule has 1 saturated heterocycles. The van der Waals surface area contributed by atoms with E-state index in [1.54, 1.807) is 17.0 Å². The summed E-state index contributed by atoms with van der Waals surface area (Å²) in [6.45, 7) is 1.91. The van der Waals surface area contributed by atoms with Crippen LogP contribution < -0.4 is 19.7 Å². The van der Waals surface area contributed by atoms with Crippen molar-refractivity contribution in [3.8, 4) is 11.5 Å². The van der Waals surface area contributed by atoms with Gasteiger partial charge in [-0.25, -0.2) is 4.79 Å². The largest absolute Gasteiger partial charge is 0.486 e. The van der Waals surface area contributed by atoms with Crippen molar-refractivity contribution in [2.45, 2.75) is 0 Å². The number of nitrogens with one attached hydrogen (secondary N) is 1. The van der Waals surface area contributed by atoms with Crippen LogP contribution in [-0.4, -0.2) is 54.8 Å². The van der Waals surface area contributed by atoms with E-state index in [1.165, 1.54) is 17.2 Å². The zero-order valence-corrected chi connectivity index (χ0v) is 13.3. The summed E-state index contributed by atoms with van der Waals surface area (Å²) in [5.74, 6) is 1.29. The number of ether oxygens (including phenoxy) is 2. The molecule has 1 fully saturated rings. The Bertz CT molecular complexity index is 792. The van der Waals surface area contributed by atoms with Gasteiger partial charge in [-0.2, -0.15) is 0 Å². The topological polar surface area (TPSA) is 97.1 Å². The number of hydrogen-bond donors (Lipinski definition) is 1. The van der Waals surface area contributed by atoms with Crippen molar-refractivity contribution in [2.24, 2.45) is 0 Å². The van der Waals surface area contributed by atoms with E-state index in [4.69, 9.17) is 9.47 Å². The van der Waals surface area contributed by atoms with Crippen molar-refractivity contribution in [2.75, 3.05) is 43.1 Å². The maximum absolute atomic E-state index is 12.6. The molecule has 3 heterocycles. The third-order valence-electron chi connectivity index (χ3n) is 3.97. The minimum atomic E-state index is -0.328. The first kappa shape index (κ1) is 15.3. The van der Waals surface area contributed by atoms with Crippen LogP contribution in [0, 0.1) is 0 Å². The van der Waals surface area contributed by atoms with Crippen LogP contribution in [0.15, 0.2) is 35.1 Å². The molecule has 0 spiro atoms. The van der Waals surface area contributed by atoms with Crippen LogP contribution in [-0.2, 0) is 4.79 Å². The number of carbonyl (C=O) groups is 2. The number of carbonyl (C=O) groups excluding carboxylic acids is 2. The average molecular weight is 344 g/mol. The molecule has 0 atom stereocenters. The van der Waals surface area contributed by atoms with Gasteiger partial charge in [0.2, 0.25) is 5.91 Å². The quantitative estimate of drug-likeness (QED) is 0.899. The zero-order valence-electron chi connectivity index (χ0n) is 13.3. The average Bonchev–Trinajstić information content (AvgIpc) is 3.25. The summed E-state index contributed by atoms with van der Waals surface area (Å²) in [6.07, 6.45) is 1.36. The lowest BCUT2D eigenvalue weighted by Gasteiger charge is -2.22. The summed E-state index contributed by atoms with van der Waals surface area (Å²) < 4.78 is 15.7. The van der Waals surface area contributed by atoms with E-state index in [-0.39, 0.29) is 18.5 Å². The van der Waals surface area contributed by atoms with E-state index in [2.05, 4.69) is 15.0 Å². The molecule has 2 aromatic rings. The van der Waals surface area contributed by atoms with Crippen LogP contribution in [0.1, 0.15) is 0 Å². The smallest absolute Gasteiger partial charge is 0.325 e. The minimum Gasteiger partial charge on any atom is -0.486 e. The van der Waals surface area contributed by atoms with Crippen LogP contribution in [0.5, 0.6) is 11.5 Å². The number of amides is 3. The number of nitrogens with zero attached hydrogens (tertiary/aromatic N) is 3. The molecule has 2 aliphatic heterocycles. The molecule has 1 N–H and O–H groups in total. The number of urea groups is 1. The van der Waals surface area contributed by atoms with Gasteiger partial charge in [0.1, 0.15) is 26.0 Å². The predicted molar refractivity (Wildman–Crippen MR) is 86.9 cm³/mol. The molecule has 25 heavy (non-hydrogen) atoms. The molecule has 3 amide bonds. The summed E-state index contributed by atoms with van der Waals surface area (Å²) in [5, 5.41) is 6.18. The van der Waals surface area contributed by atoms with Gasteiger partial charge >= 0.3 is 6.03 Å². The van der Waals surface area contributed by atoms with Gasteiger partial charge in [0, 0.05) is 30.9 Å². The second kappa shape index (κ2) is 6.34. The van der Waals surface area contributed by atoms with E-state index in [0.717, 1.165) is 0 Å². The highest BCUT2D eigenvalue weighted by atomic mass is 16.6. The fraction of sp³-hybridized carbons (Fsp3) is 0.312. The molecule has 0 saturated carbocycles. The Balaban J connectivity index is 1.42. The van der Waals surface area contributed by atoms with Crippen molar-refractivity contribution in [1.29, 1.82) is 0 Å². The van der Waals surface area contributed by atoms with Crippen LogP contribution in [0.25, 0.3) is 0 Å². The summed E-state index contributed by atoms with van der Waals surface area (Å²) in [4.78, 5) is 27.7. The van der Waals surface area contributed by atoms with Crippen molar-refractivity contribution in [1.82, 2.24) is 10.1 Å². The number of benzene rings is 1.